The van der Waals surface area contributed by atoms with Crippen molar-refractivity contribution in [1.29, 1.82) is 5.26 Å². The van der Waals surface area contributed by atoms with E-state index in [1.165, 1.54) is 0 Å². The molecule has 0 spiro atoms. The summed E-state index contributed by atoms with van der Waals surface area (Å²) < 4.78 is 0. The van der Waals surface area contributed by atoms with Gasteiger partial charge < -0.3 is 10.3 Å². The third-order valence-electron chi connectivity index (χ3n) is 3.77. The molecule has 4 rings (SSSR count). The predicted molar refractivity (Wildman–Crippen MR) is 101 cm³/mol. The van der Waals surface area contributed by atoms with Gasteiger partial charge in [-0.25, -0.2) is 9.97 Å². The zero-order valence-corrected chi connectivity index (χ0v) is 14.9. The molecule has 0 saturated carbocycles. The van der Waals surface area contributed by atoms with Crippen LogP contribution in [0, 0.1) is 18.3 Å². The van der Waals surface area contributed by atoms with E-state index in [1.807, 2.05) is 19.1 Å². The van der Waals surface area contributed by atoms with Gasteiger partial charge in [-0.05, 0) is 25.1 Å². The summed E-state index contributed by atoms with van der Waals surface area (Å²) in [5.41, 5.74) is 3.18. The van der Waals surface area contributed by atoms with Crippen molar-refractivity contribution >= 4 is 45.9 Å². The fourth-order valence-corrected chi connectivity index (χ4v) is 3.29. The Kier molecular flexibility index (Phi) is 3.99. The van der Waals surface area contributed by atoms with Crippen LogP contribution in [0.5, 0.6) is 0 Å². The minimum absolute atomic E-state index is 0.347. The van der Waals surface area contributed by atoms with Gasteiger partial charge in [0.1, 0.15) is 17.2 Å². The molecule has 4 aromatic rings. The number of hydrogen-bond acceptors (Lipinski definition) is 5. The summed E-state index contributed by atoms with van der Waals surface area (Å²) in [7, 11) is 0. The third kappa shape index (κ3) is 2.86. The molecule has 9 heteroatoms. The Labute approximate surface area is 158 Å². The first kappa shape index (κ1) is 16.4. The maximum absolute atomic E-state index is 9.03. The number of benzene rings is 1. The number of nitrogens with zero attached hydrogens (tertiary/aromatic N) is 4. The van der Waals surface area contributed by atoms with E-state index >= 15 is 0 Å². The molecule has 0 atom stereocenters. The van der Waals surface area contributed by atoms with E-state index < -0.39 is 0 Å². The number of anilines is 2. The number of pyridine rings is 1. The molecule has 0 fully saturated rings. The number of fused-ring (bicyclic) bond motifs is 1. The van der Waals surface area contributed by atoms with Crippen molar-refractivity contribution in [2.24, 2.45) is 0 Å². The zero-order chi connectivity index (χ0) is 18.3. The summed E-state index contributed by atoms with van der Waals surface area (Å²) in [4.78, 5) is 12.1. The van der Waals surface area contributed by atoms with Crippen molar-refractivity contribution in [3.63, 3.8) is 0 Å². The first-order valence-electron chi connectivity index (χ1n) is 7.58. The average Bonchev–Trinajstić information content (AvgIpc) is 3.21. The van der Waals surface area contributed by atoms with Crippen molar-refractivity contribution in [1.82, 2.24) is 25.1 Å². The minimum Gasteiger partial charge on any atom is -0.335 e. The molecule has 0 aliphatic heterocycles. The number of rotatable bonds is 3. The first-order chi connectivity index (χ1) is 12.5. The van der Waals surface area contributed by atoms with Gasteiger partial charge >= 0.3 is 0 Å². The number of nitrogens with one attached hydrogen (secondary N) is 3. The lowest BCUT2D eigenvalue weighted by Gasteiger charge is -2.04. The van der Waals surface area contributed by atoms with Crippen molar-refractivity contribution < 1.29 is 0 Å². The standard InChI is InChI=1S/C17H11Cl2N7/c1-8-4-13(26-25-8)23-17-15-12(2-3-21-17)22-16(24-15)14-10(18)5-9(7-20)6-11(14)19/h2-6H,1H3,(H,22,24)(H2,21,23,25,26). The molecule has 0 aliphatic rings. The van der Waals surface area contributed by atoms with E-state index in [4.69, 9.17) is 28.5 Å². The van der Waals surface area contributed by atoms with E-state index in [1.54, 1.807) is 24.4 Å². The van der Waals surface area contributed by atoms with E-state index in [9.17, 15) is 0 Å². The number of aryl methyl sites for hydroxylation is 1. The lowest BCUT2D eigenvalue weighted by Crippen LogP contribution is -1.94. The van der Waals surface area contributed by atoms with E-state index in [2.05, 4.69) is 30.5 Å². The number of nitriles is 1. The summed E-state index contributed by atoms with van der Waals surface area (Å²) in [5, 5.41) is 19.9. The fraction of sp³-hybridized carbons (Fsp3) is 0.0588. The molecule has 3 aromatic heterocycles. The van der Waals surface area contributed by atoms with Gasteiger partial charge in [-0.1, -0.05) is 23.2 Å². The van der Waals surface area contributed by atoms with E-state index in [0.29, 0.717) is 49.7 Å². The maximum atomic E-state index is 9.03. The van der Waals surface area contributed by atoms with Gasteiger partial charge in [0.05, 0.1) is 38.5 Å². The van der Waals surface area contributed by atoms with Gasteiger partial charge in [0.15, 0.2) is 5.82 Å². The van der Waals surface area contributed by atoms with Crippen LogP contribution in [0.25, 0.3) is 22.4 Å². The van der Waals surface area contributed by atoms with Crippen LogP contribution in [0.4, 0.5) is 11.6 Å². The van der Waals surface area contributed by atoms with Gasteiger partial charge in [-0.3, -0.25) is 5.10 Å². The largest absolute Gasteiger partial charge is 0.335 e. The highest BCUT2D eigenvalue weighted by molar-refractivity contribution is 6.39. The number of hydrogen-bond donors (Lipinski definition) is 3. The Balaban J connectivity index is 1.82. The molecule has 0 amide bonds. The summed E-state index contributed by atoms with van der Waals surface area (Å²) in [5.74, 6) is 1.80. The molecular formula is C17H11Cl2N7. The Hall–Kier alpha value is -3.08. The van der Waals surface area contributed by atoms with Crippen LogP contribution >= 0.6 is 23.2 Å². The SMILES string of the molecule is Cc1cc(Nc2nccc3nc(-c4c(Cl)cc(C#N)cc4Cl)[nH]c23)[nH]n1. The second-order valence-electron chi connectivity index (χ2n) is 5.61. The number of aromatic nitrogens is 5. The van der Waals surface area contributed by atoms with Crippen LogP contribution < -0.4 is 5.32 Å². The summed E-state index contributed by atoms with van der Waals surface area (Å²) in [6.45, 7) is 1.89. The van der Waals surface area contributed by atoms with Crippen molar-refractivity contribution in [3.8, 4) is 17.5 Å². The second kappa shape index (κ2) is 6.33. The highest BCUT2D eigenvalue weighted by Crippen LogP contribution is 2.36. The van der Waals surface area contributed by atoms with Crippen molar-refractivity contribution in [2.75, 3.05) is 5.32 Å². The molecule has 3 heterocycles. The average molecular weight is 384 g/mol. The van der Waals surface area contributed by atoms with Gasteiger partial charge in [-0.2, -0.15) is 10.4 Å². The molecule has 0 aliphatic carbocycles. The normalized spacial score (nSPS) is 10.8. The fourth-order valence-electron chi connectivity index (χ4n) is 2.63. The predicted octanol–water partition coefficient (Wildman–Crippen LogP) is 4.58. The van der Waals surface area contributed by atoms with Crippen LogP contribution in [-0.4, -0.2) is 25.1 Å². The van der Waals surface area contributed by atoms with Crippen molar-refractivity contribution in [3.05, 3.63) is 51.8 Å². The Morgan fingerprint density at radius 1 is 1.19 bits per heavy atom. The van der Waals surface area contributed by atoms with Crippen LogP contribution in [0.15, 0.2) is 30.5 Å². The van der Waals surface area contributed by atoms with Gasteiger partial charge in [0.2, 0.25) is 0 Å². The van der Waals surface area contributed by atoms with Crippen LogP contribution in [0.2, 0.25) is 10.0 Å². The Morgan fingerprint density at radius 3 is 2.62 bits per heavy atom. The number of H-pyrrole nitrogens is 2. The van der Waals surface area contributed by atoms with E-state index in [0.717, 1.165) is 5.69 Å². The molecule has 7 nitrogen and oxygen atoms in total. The minimum atomic E-state index is 0.347. The molecule has 0 unspecified atom stereocenters. The highest BCUT2D eigenvalue weighted by atomic mass is 35.5. The van der Waals surface area contributed by atoms with Crippen molar-refractivity contribution in [2.45, 2.75) is 6.92 Å². The molecule has 3 N–H and O–H groups in total. The number of imidazole rings is 1. The molecule has 128 valence electrons. The van der Waals surface area contributed by atoms with Crippen LogP contribution in [-0.2, 0) is 0 Å². The second-order valence-corrected chi connectivity index (χ2v) is 6.43. The zero-order valence-electron chi connectivity index (χ0n) is 13.4. The molecular weight excluding hydrogens is 373 g/mol. The third-order valence-corrected chi connectivity index (χ3v) is 4.37. The van der Waals surface area contributed by atoms with Crippen LogP contribution in [0.3, 0.4) is 0 Å². The number of aromatic amines is 2. The molecule has 26 heavy (non-hydrogen) atoms. The maximum Gasteiger partial charge on any atom is 0.157 e. The lowest BCUT2D eigenvalue weighted by molar-refractivity contribution is 1.05. The Morgan fingerprint density at radius 2 is 1.96 bits per heavy atom. The Bertz CT molecular complexity index is 1150. The summed E-state index contributed by atoms with van der Waals surface area (Å²) >= 11 is 12.6. The summed E-state index contributed by atoms with van der Waals surface area (Å²) in [6.07, 6.45) is 1.65. The van der Waals surface area contributed by atoms with E-state index in [-0.39, 0.29) is 0 Å². The first-order valence-corrected chi connectivity index (χ1v) is 8.34. The summed E-state index contributed by atoms with van der Waals surface area (Å²) in [6, 6.07) is 8.79. The molecule has 0 saturated heterocycles. The highest BCUT2D eigenvalue weighted by Gasteiger charge is 2.16. The molecule has 0 radical (unpaired) electrons. The molecule has 0 bridgehead atoms. The van der Waals surface area contributed by atoms with Gasteiger partial charge in [0, 0.05) is 12.3 Å². The van der Waals surface area contributed by atoms with Gasteiger partial charge in [-0.15, -0.1) is 0 Å². The lowest BCUT2D eigenvalue weighted by atomic mass is 10.1. The smallest absolute Gasteiger partial charge is 0.157 e. The molecule has 1 aromatic carbocycles. The quantitative estimate of drug-likeness (QED) is 0.479. The number of halogens is 2. The van der Waals surface area contributed by atoms with Gasteiger partial charge in [0.25, 0.3) is 0 Å². The topological polar surface area (TPSA) is 106 Å². The monoisotopic (exact) mass is 383 g/mol. The van der Waals surface area contributed by atoms with Crippen LogP contribution in [0.1, 0.15) is 11.3 Å².